The van der Waals surface area contributed by atoms with E-state index in [2.05, 4.69) is 0 Å². The van der Waals surface area contributed by atoms with Gasteiger partial charge in [0.05, 0.1) is 11.5 Å². The van der Waals surface area contributed by atoms with Gasteiger partial charge in [-0.2, -0.15) is 0 Å². The summed E-state index contributed by atoms with van der Waals surface area (Å²) in [4.78, 5) is 23.5. The van der Waals surface area contributed by atoms with Crippen LogP contribution in [0.4, 0.5) is 0 Å². The fourth-order valence-electron chi connectivity index (χ4n) is 2.00. The zero-order chi connectivity index (χ0) is 13.1. The normalized spacial score (nSPS) is 21.2. The summed E-state index contributed by atoms with van der Waals surface area (Å²) in [5.41, 5.74) is 0.206. The third-order valence-corrected chi connectivity index (χ3v) is 3.14. The first kappa shape index (κ1) is 12.9. The molecule has 0 aliphatic heterocycles. The van der Waals surface area contributed by atoms with Crippen LogP contribution in [-0.2, 0) is 14.3 Å². The lowest BCUT2D eigenvalue weighted by molar-refractivity contribution is -0.140. The van der Waals surface area contributed by atoms with E-state index < -0.39 is 0 Å². The molecule has 0 aromatic carbocycles. The second kappa shape index (κ2) is 5.38. The van der Waals surface area contributed by atoms with Crippen molar-refractivity contribution in [1.29, 1.82) is 0 Å². The van der Waals surface area contributed by atoms with Gasteiger partial charge in [0.25, 0.3) is 0 Å². The van der Waals surface area contributed by atoms with E-state index in [4.69, 9.17) is 4.74 Å². The number of hydrogen-bond acceptors (Lipinski definition) is 4. The zero-order valence-electron chi connectivity index (χ0n) is 10.6. The maximum atomic E-state index is 11.8. The Morgan fingerprint density at radius 3 is 2.72 bits per heavy atom. The van der Waals surface area contributed by atoms with Gasteiger partial charge < -0.3 is 9.84 Å². The molecule has 18 heavy (non-hydrogen) atoms. The summed E-state index contributed by atoms with van der Waals surface area (Å²) < 4.78 is 5.28. The Morgan fingerprint density at radius 1 is 1.44 bits per heavy atom. The van der Waals surface area contributed by atoms with Gasteiger partial charge in [-0.1, -0.05) is 6.92 Å². The second-order valence-electron chi connectivity index (χ2n) is 4.77. The molecule has 2 rings (SSSR count). The predicted molar refractivity (Wildman–Crippen MR) is 65.7 cm³/mol. The smallest absolute Gasteiger partial charge is 0.314 e. The molecule has 1 saturated carbocycles. The van der Waals surface area contributed by atoms with Crippen LogP contribution < -0.4 is 0 Å². The third-order valence-electron chi connectivity index (χ3n) is 3.14. The molecule has 1 N–H and O–H groups in total. The molecule has 0 heterocycles. The Bertz CT molecular complexity index is 427. The number of esters is 1. The highest BCUT2D eigenvalue weighted by atomic mass is 16.5. The summed E-state index contributed by atoms with van der Waals surface area (Å²) in [5, 5.41) is 9.83. The molecule has 4 nitrogen and oxygen atoms in total. The molecule has 1 fully saturated rings. The van der Waals surface area contributed by atoms with Gasteiger partial charge in [-0.05, 0) is 31.8 Å². The number of ketones is 1. The fourth-order valence-corrected chi connectivity index (χ4v) is 2.00. The monoisotopic (exact) mass is 250 g/mol. The average Bonchev–Trinajstić information content (AvgIpc) is 3.12. The first-order valence-electron chi connectivity index (χ1n) is 6.51. The molecule has 0 aromatic rings. The lowest BCUT2D eigenvalue weighted by Gasteiger charge is -2.17. The first-order chi connectivity index (χ1) is 8.63. The van der Waals surface area contributed by atoms with Crippen molar-refractivity contribution in [2.45, 2.75) is 45.4 Å². The van der Waals surface area contributed by atoms with E-state index in [1.165, 1.54) is 0 Å². The van der Waals surface area contributed by atoms with Gasteiger partial charge in [-0.25, -0.2) is 0 Å². The van der Waals surface area contributed by atoms with Crippen molar-refractivity contribution in [1.82, 2.24) is 0 Å². The SMILES string of the molecule is CC/C=C(\OC(=O)C1CC1)C1=C(O)CCCC1=O. The summed E-state index contributed by atoms with van der Waals surface area (Å²) in [7, 11) is 0. The van der Waals surface area contributed by atoms with E-state index in [1.54, 1.807) is 6.08 Å². The lowest BCUT2D eigenvalue weighted by atomic mass is 9.94. The van der Waals surface area contributed by atoms with Crippen molar-refractivity contribution >= 4 is 11.8 Å². The minimum atomic E-state index is -0.284. The largest absolute Gasteiger partial charge is 0.511 e. The van der Waals surface area contributed by atoms with Crippen molar-refractivity contribution in [2.24, 2.45) is 5.92 Å². The van der Waals surface area contributed by atoms with Crippen LogP contribution in [0.5, 0.6) is 0 Å². The van der Waals surface area contributed by atoms with Crippen molar-refractivity contribution in [2.75, 3.05) is 0 Å². The summed E-state index contributed by atoms with van der Waals surface area (Å²) in [6.07, 6.45) is 5.59. The molecule has 0 bridgehead atoms. The van der Waals surface area contributed by atoms with Crippen LogP contribution in [-0.4, -0.2) is 16.9 Å². The highest BCUT2D eigenvalue weighted by Crippen LogP contribution is 2.33. The van der Waals surface area contributed by atoms with Crippen LogP contribution in [0.25, 0.3) is 0 Å². The van der Waals surface area contributed by atoms with Crippen LogP contribution >= 0.6 is 0 Å². The zero-order valence-corrected chi connectivity index (χ0v) is 10.6. The van der Waals surface area contributed by atoms with E-state index in [0.29, 0.717) is 25.7 Å². The number of ether oxygens (including phenoxy) is 1. The molecule has 0 spiro atoms. The number of Topliss-reactive ketones (excluding diaryl/α,β-unsaturated/α-hetero) is 1. The topological polar surface area (TPSA) is 63.6 Å². The molecular formula is C14H18O4. The Balaban J connectivity index is 2.20. The molecule has 0 amide bonds. The van der Waals surface area contributed by atoms with Gasteiger partial charge in [0.2, 0.25) is 0 Å². The maximum Gasteiger partial charge on any atom is 0.314 e. The quantitative estimate of drug-likeness (QED) is 0.615. The Labute approximate surface area is 106 Å². The summed E-state index contributed by atoms with van der Waals surface area (Å²) >= 11 is 0. The predicted octanol–water partition coefficient (Wildman–Crippen LogP) is 2.80. The molecule has 98 valence electrons. The van der Waals surface area contributed by atoms with Crippen molar-refractivity contribution in [3.8, 4) is 0 Å². The molecule has 0 radical (unpaired) electrons. The van der Waals surface area contributed by atoms with E-state index in [1.807, 2.05) is 6.92 Å². The van der Waals surface area contributed by atoms with Crippen LogP contribution in [0.1, 0.15) is 45.4 Å². The van der Waals surface area contributed by atoms with E-state index in [0.717, 1.165) is 12.8 Å². The maximum absolute atomic E-state index is 11.8. The van der Waals surface area contributed by atoms with Crippen molar-refractivity contribution < 1.29 is 19.4 Å². The van der Waals surface area contributed by atoms with E-state index in [-0.39, 0.29) is 34.8 Å². The Hall–Kier alpha value is -1.58. The van der Waals surface area contributed by atoms with Gasteiger partial charge in [-0.15, -0.1) is 0 Å². The van der Waals surface area contributed by atoms with Gasteiger partial charge in [0, 0.05) is 12.8 Å². The first-order valence-corrected chi connectivity index (χ1v) is 6.51. The van der Waals surface area contributed by atoms with Crippen LogP contribution in [0, 0.1) is 5.92 Å². The third kappa shape index (κ3) is 2.81. The molecule has 0 aromatic heterocycles. The average molecular weight is 250 g/mol. The van der Waals surface area contributed by atoms with E-state index >= 15 is 0 Å². The summed E-state index contributed by atoms with van der Waals surface area (Å²) in [6.45, 7) is 1.90. The van der Waals surface area contributed by atoms with Crippen molar-refractivity contribution in [3.63, 3.8) is 0 Å². The minimum absolute atomic E-state index is 0.0216. The number of aliphatic hydroxyl groups excluding tert-OH is 1. The molecule has 2 aliphatic rings. The minimum Gasteiger partial charge on any atom is -0.511 e. The number of aliphatic hydroxyl groups is 1. The number of carbonyl (C=O) groups is 2. The number of rotatable bonds is 4. The van der Waals surface area contributed by atoms with Crippen LogP contribution in [0.15, 0.2) is 23.2 Å². The number of hydrogen-bond donors (Lipinski definition) is 1. The van der Waals surface area contributed by atoms with Crippen LogP contribution in [0.3, 0.4) is 0 Å². The summed E-state index contributed by atoms with van der Waals surface area (Å²) in [6, 6.07) is 0. The van der Waals surface area contributed by atoms with Gasteiger partial charge in [0.1, 0.15) is 11.5 Å². The number of allylic oxidation sites excluding steroid dienone is 3. The molecule has 2 aliphatic carbocycles. The van der Waals surface area contributed by atoms with Crippen LogP contribution in [0.2, 0.25) is 0 Å². The summed E-state index contributed by atoms with van der Waals surface area (Å²) in [5.74, 6) is -0.145. The molecule has 4 heteroatoms. The highest BCUT2D eigenvalue weighted by molar-refractivity contribution is 6.00. The van der Waals surface area contributed by atoms with Gasteiger partial charge in [0.15, 0.2) is 5.78 Å². The Kier molecular flexibility index (Phi) is 3.84. The van der Waals surface area contributed by atoms with Crippen molar-refractivity contribution in [3.05, 3.63) is 23.2 Å². The van der Waals surface area contributed by atoms with Gasteiger partial charge >= 0.3 is 5.97 Å². The second-order valence-corrected chi connectivity index (χ2v) is 4.77. The lowest BCUT2D eigenvalue weighted by Crippen LogP contribution is -2.17. The molecule has 0 saturated heterocycles. The highest BCUT2D eigenvalue weighted by Gasteiger charge is 2.34. The number of carbonyl (C=O) groups excluding carboxylic acids is 2. The molecule has 0 atom stereocenters. The molecular weight excluding hydrogens is 232 g/mol. The standard InChI is InChI=1S/C14H18O4/c1-2-4-12(18-14(17)9-7-8-9)13-10(15)5-3-6-11(13)16/h4,9,15H,2-3,5-8H2,1H3/b12-4-. The van der Waals surface area contributed by atoms with E-state index in [9.17, 15) is 14.7 Å². The van der Waals surface area contributed by atoms with Gasteiger partial charge in [-0.3, -0.25) is 9.59 Å². The Morgan fingerprint density at radius 2 is 2.17 bits per heavy atom. The fraction of sp³-hybridized carbons (Fsp3) is 0.571. The molecule has 0 unspecified atom stereocenters.